The molecular weight excluding hydrogens is 391 g/mol. The summed E-state index contributed by atoms with van der Waals surface area (Å²) in [5.41, 5.74) is 0.785. The predicted octanol–water partition coefficient (Wildman–Crippen LogP) is 4.39. The normalized spacial score (nSPS) is 10.8. The van der Waals surface area contributed by atoms with Crippen LogP contribution in [-0.4, -0.2) is 23.6 Å². The van der Waals surface area contributed by atoms with Crippen LogP contribution in [-0.2, 0) is 9.59 Å². The van der Waals surface area contributed by atoms with Crippen molar-refractivity contribution in [2.24, 2.45) is 0 Å². The summed E-state index contributed by atoms with van der Waals surface area (Å²) in [6, 6.07) is 13.0. The first-order valence-corrected chi connectivity index (χ1v) is 8.47. The smallest absolute Gasteiger partial charge is 0.306 e. The molecule has 2 aromatic rings. The Bertz CT molecular complexity index is 918. The Hall–Kier alpha value is -3.01. The molecule has 0 spiro atoms. The molecule has 0 fully saturated rings. The third-order valence-electron chi connectivity index (χ3n) is 3.32. The first-order valence-electron chi connectivity index (χ1n) is 7.72. The summed E-state index contributed by atoms with van der Waals surface area (Å²) >= 11 is 11.9. The van der Waals surface area contributed by atoms with Gasteiger partial charge in [-0.25, -0.2) is 0 Å². The molecule has 0 aromatic heterocycles. The molecule has 0 saturated carbocycles. The van der Waals surface area contributed by atoms with Crippen LogP contribution < -0.4 is 10.1 Å². The van der Waals surface area contributed by atoms with Gasteiger partial charge in [0.25, 0.3) is 5.91 Å². The van der Waals surface area contributed by atoms with E-state index in [0.717, 1.165) is 0 Å². The van der Waals surface area contributed by atoms with Crippen LogP contribution in [0.4, 0.5) is 5.69 Å². The van der Waals surface area contributed by atoms with Crippen LogP contribution >= 0.6 is 23.2 Å². The average molecular weight is 405 g/mol. The fourth-order valence-corrected chi connectivity index (χ4v) is 2.35. The lowest BCUT2D eigenvalue weighted by Gasteiger charge is -2.07. The van der Waals surface area contributed by atoms with Gasteiger partial charge in [-0.15, -0.1) is 0 Å². The van der Waals surface area contributed by atoms with Gasteiger partial charge in [-0.05, 0) is 42.0 Å². The number of hydrogen-bond donors (Lipinski definition) is 2. The first-order chi connectivity index (χ1) is 12.9. The summed E-state index contributed by atoms with van der Waals surface area (Å²) < 4.78 is 5.28. The molecule has 0 aliphatic rings. The number of carbonyl (C=O) groups excluding carboxylic acids is 1. The van der Waals surface area contributed by atoms with Crippen molar-refractivity contribution < 1.29 is 19.4 Å². The number of nitriles is 1. The van der Waals surface area contributed by atoms with Gasteiger partial charge in [-0.3, -0.25) is 9.59 Å². The second-order valence-electron chi connectivity index (χ2n) is 5.31. The number of rotatable bonds is 7. The van der Waals surface area contributed by atoms with Crippen molar-refractivity contribution in [3.63, 3.8) is 0 Å². The standard InChI is InChI=1S/C19H14Cl2N2O4/c20-14-3-6-16(21)17(10-14)23-19(26)13(11-22)9-12-1-4-15(5-2-12)27-8-7-18(24)25/h1-6,9-10H,7-8H2,(H,23,26)(H,24,25)/b13-9+. The number of aliphatic carboxylic acids is 1. The lowest BCUT2D eigenvalue weighted by molar-refractivity contribution is -0.137. The average Bonchev–Trinajstić information content (AvgIpc) is 2.63. The van der Waals surface area contributed by atoms with Gasteiger partial charge >= 0.3 is 5.97 Å². The van der Waals surface area contributed by atoms with E-state index >= 15 is 0 Å². The Kier molecular flexibility index (Phi) is 7.24. The number of amides is 1. The number of nitrogens with one attached hydrogen (secondary N) is 1. The van der Waals surface area contributed by atoms with Gasteiger partial charge in [-0.1, -0.05) is 35.3 Å². The zero-order valence-electron chi connectivity index (χ0n) is 13.9. The van der Waals surface area contributed by atoms with Gasteiger partial charge in [0.1, 0.15) is 17.4 Å². The van der Waals surface area contributed by atoms with E-state index in [-0.39, 0.29) is 18.6 Å². The molecule has 0 atom stereocenters. The number of halogens is 2. The van der Waals surface area contributed by atoms with Crippen molar-refractivity contribution in [2.75, 3.05) is 11.9 Å². The number of hydrogen-bond acceptors (Lipinski definition) is 4. The highest BCUT2D eigenvalue weighted by Crippen LogP contribution is 2.26. The van der Waals surface area contributed by atoms with Gasteiger partial charge in [-0.2, -0.15) is 5.26 Å². The summed E-state index contributed by atoms with van der Waals surface area (Å²) in [6.45, 7) is 0.0523. The summed E-state index contributed by atoms with van der Waals surface area (Å²) in [4.78, 5) is 22.8. The van der Waals surface area contributed by atoms with Crippen LogP contribution in [0.15, 0.2) is 48.0 Å². The second-order valence-corrected chi connectivity index (χ2v) is 6.15. The van der Waals surface area contributed by atoms with E-state index in [9.17, 15) is 14.9 Å². The maximum Gasteiger partial charge on any atom is 0.306 e. The van der Waals surface area contributed by atoms with Gasteiger partial charge in [0.2, 0.25) is 0 Å². The monoisotopic (exact) mass is 404 g/mol. The number of carboxylic acids is 1. The number of carboxylic acid groups (broad SMARTS) is 1. The third-order valence-corrected chi connectivity index (χ3v) is 3.88. The molecule has 8 heteroatoms. The van der Waals surface area contributed by atoms with Crippen molar-refractivity contribution >= 4 is 46.8 Å². The van der Waals surface area contributed by atoms with Crippen LogP contribution in [0.1, 0.15) is 12.0 Å². The lowest BCUT2D eigenvalue weighted by atomic mass is 10.1. The first kappa shape index (κ1) is 20.3. The summed E-state index contributed by atoms with van der Waals surface area (Å²) in [5.74, 6) is -1.08. The van der Waals surface area contributed by atoms with Crippen molar-refractivity contribution in [3.05, 3.63) is 63.6 Å². The Labute approximate surface area is 165 Å². The molecule has 0 saturated heterocycles. The molecular formula is C19H14Cl2N2O4. The molecule has 27 heavy (non-hydrogen) atoms. The predicted molar refractivity (Wildman–Crippen MR) is 103 cm³/mol. The summed E-state index contributed by atoms with van der Waals surface area (Å²) in [6.07, 6.45) is 1.31. The van der Waals surface area contributed by atoms with Crippen LogP contribution in [0.3, 0.4) is 0 Å². The SMILES string of the molecule is N#C/C(=C\c1ccc(OCCC(=O)O)cc1)C(=O)Nc1cc(Cl)ccc1Cl. The van der Waals surface area contributed by atoms with Gasteiger partial charge in [0.05, 0.1) is 23.7 Å². The number of nitrogens with zero attached hydrogens (tertiary/aromatic N) is 1. The van der Waals surface area contributed by atoms with Crippen molar-refractivity contribution in [2.45, 2.75) is 6.42 Å². The fraction of sp³-hybridized carbons (Fsp3) is 0.105. The molecule has 0 radical (unpaired) electrons. The highest BCUT2D eigenvalue weighted by atomic mass is 35.5. The number of carbonyl (C=O) groups is 2. The highest BCUT2D eigenvalue weighted by Gasteiger charge is 2.12. The van der Waals surface area contributed by atoms with Crippen molar-refractivity contribution in [3.8, 4) is 11.8 Å². The summed E-state index contributed by atoms with van der Waals surface area (Å²) in [7, 11) is 0. The van der Waals surface area contributed by atoms with E-state index in [1.165, 1.54) is 12.1 Å². The Balaban J connectivity index is 2.08. The maximum atomic E-state index is 12.3. The third kappa shape index (κ3) is 6.33. The number of ether oxygens (including phenoxy) is 1. The Morgan fingerprint density at radius 1 is 1.19 bits per heavy atom. The van der Waals surface area contributed by atoms with E-state index in [1.807, 2.05) is 6.07 Å². The van der Waals surface area contributed by atoms with E-state index in [2.05, 4.69) is 5.32 Å². The maximum absolute atomic E-state index is 12.3. The molecule has 2 aromatic carbocycles. The fourth-order valence-electron chi connectivity index (χ4n) is 2.01. The Morgan fingerprint density at radius 2 is 1.89 bits per heavy atom. The molecule has 0 heterocycles. The van der Waals surface area contributed by atoms with Gasteiger partial charge in [0, 0.05) is 5.02 Å². The van der Waals surface area contributed by atoms with Crippen molar-refractivity contribution in [1.82, 2.24) is 0 Å². The molecule has 2 rings (SSSR count). The van der Waals surface area contributed by atoms with Crippen LogP contribution in [0.5, 0.6) is 5.75 Å². The molecule has 0 unspecified atom stereocenters. The van der Waals surface area contributed by atoms with E-state index in [1.54, 1.807) is 36.4 Å². The molecule has 6 nitrogen and oxygen atoms in total. The quantitative estimate of drug-likeness (QED) is 0.526. The Morgan fingerprint density at radius 3 is 2.52 bits per heavy atom. The van der Waals surface area contributed by atoms with E-state index < -0.39 is 11.9 Å². The van der Waals surface area contributed by atoms with Crippen LogP contribution in [0, 0.1) is 11.3 Å². The minimum absolute atomic E-state index is 0.0523. The van der Waals surface area contributed by atoms with E-state index in [0.29, 0.717) is 27.0 Å². The molecule has 1 amide bonds. The zero-order chi connectivity index (χ0) is 19.8. The number of benzene rings is 2. The lowest BCUT2D eigenvalue weighted by Crippen LogP contribution is -2.13. The molecule has 0 bridgehead atoms. The molecule has 2 N–H and O–H groups in total. The van der Waals surface area contributed by atoms with E-state index in [4.69, 9.17) is 33.0 Å². The number of anilines is 1. The molecule has 138 valence electrons. The second kappa shape index (κ2) is 9.62. The minimum atomic E-state index is -0.945. The van der Waals surface area contributed by atoms with Crippen LogP contribution in [0.25, 0.3) is 6.08 Å². The molecule has 0 aliphatic heterocycles. The topological polar surface area (TPSA) is 99.4 Å². The van der Waals surface area contributed by atoms with Crippen molar-refractivity contribution in [1.29, 1.82) is 5.26 Å². The molecule has 0 aliphatic carbocycles. The van der Waals surface area contributed by atoms with Gasteiger partial charge in [0.15, 0.2) is 0 Å². The largest absolute Gasteiger partial charge is 0.493 e. The van der Waals surface area contributed by atoms with Crippen LogP contribution in [0.2, 0.25) is 10.0 Å². The highest BCUT2D eigenvalue weighted by molar-refractivity contribution is 6.36. The van der Waals surface area contributed by atoms with Gasteiger partial charge < -0.3 is 15.2 Å². The minimum Gasteiger partial charge on any atom is -0.493 e. The summed E-state index contributed by atoms with van der Waals surface area (Å²) in [5, 5.41) is 21.1. The zero-order valence-corrected chi connectivity index (χ0v) is 15.4.